The van der Waals surface area contributed by atoms with E-state index in [1.165, 1.54) is 11.2 Å². The first-order chi connectivity index (χ1) is 15.3. The first-order valence-corrected chi connectivity index (χ1v) is 12.4. The van der Waals surface area contributed by atoms with Crippen LogP contribution in [0.4, 0.5) is 5.69 Å². The van der Waals surface area contributed by atoms with E-state index in [-0.39, 0.29) is 22.6 Å². The lowest BCUT2D eigenvalue weighted by molar-refractivity contribution is -0.132. The Morgan fingerprint density at radius 1 is 1.16 bits per heavy atom. The van der Waals surface area contributed by atoms with E-state index in [1.54, 1.807) is 47.4 Å². The number of anilines is 1. The molecular formula is C23H29N3O5S. The van der Waals surface area contributed by atoms with E-state index in [9.17, 15) is 18.0 Å². The predicted molar refractivity (Wildman–Crippen MR) is 119 cm³/mol. The zero-order valence-corrected chi connectivity index (χ0v) is 19.3. The average Bonchev–Trinajstić information content (AvgIpc) is 3.43. The van der Waals surface area contributed by atoms with Crippen molar-refractivity contribution >= 4 is 27.5 Å². The van der Waals surface area contributed by atoms with E-state index < -0.39 is 10.0 Å². The average molecular weight is 460 g/mol. The molecular weight excluding hydrogens is 430 g/mol. The Morgan fingerprint density at radius 2 is 1.91 bits per heavy atom. The number of rotatable bonds is 6. The summed E-state index contributed by atoms with van der Waals surface area (Å²) in [4.78, 5) is 27.9. The fourth-order valence-electron chi connectivity index (χ4n) is 4.50. The fourth-order valence-corrected chi connectivity index (χ4v) is 6.02. The zero-order valence-electron chi connectivity index (χ0n) is 18.5. The molecule has 1 saturated heterocycles. The van der Waals surface area contributed by atoms with Gasteiger partial charge >= 0.3 is 0 Å². The standard InChI is InChI=1S/C23H29N3O5S/c1-17(27)26-12-9-19-15-21(5-6-22(19)26)32(29,30)25-10-7-18(8-11-25)14-23(28)24(2)16-20-4-3-13-31-20/h3-6,13,15,18H,7-12,14,16H2,1-2H3. The number of carbonyl (C=O) groups excluding carboxylic acids is 2. The molecule has 0 unspecified atom stereocenters. The monoisotopic (exact) mass is 459 g/mol. The molecule has 1 aromatic heterocycles. The molecule has 2 aliphatic heterocycles. The Bertz CT molecular complexity index is 1090. The number of hydrogen-bond acceptors (Lipinski definition) is 5. The molecule has 2 aliphatic rings. The molecule has 0 spiro atoms. The molecule has 0 saturated carbocycles. The highest BCUT2D eigenvalue weighted by Gasteiger charge is 2.32. The maximum atomic E-state index is 13.2. The number of hydrogen-bond donors (Lipinski definition) is 0. The number of piperidine rings is 1. The van der Waals surface area contributed by atoms with Crippen LogP contribution in [0.25, 0.3) is 0 Å². The van der Waals surface area contributed by atoms with Gasteiger partial charge in [-0.1, -0.05) is 0 Å². The maximum absolute atomic E-state index is 13.2. The minimum Gasteiger partial charge on any atom is -0.467 e. The van der Waals surface area contributed by atoms with Gasteiger partial charge in [0.1, 0.15) is 5.76 Å². The van der Waals surface area contributed by atoms with Gasteiger partial charge in [0, 0.05) is 45.7 Å². The first-order valence-electron chi connectivity index (χ1n) is 10.9. The summed E-state index contributed by atoms with van der Waals surface area (Å²) in [6, 6.07) is 8.66. The third-order valence-electron chi connectivity index (χ3n) is 6.40. The molecule has 1 aromatic carbocycles. The van der Waals surface area contributed by atoms with Crippen molar-refractivity contribution in [1.29, 1.82) is 0 Å². The van der Waals surface area contributed by atoms with Crippen molar-refractivity contribution in [2.75, 3.05) is 31.6 Å². The fraction of sp³-hybridized carbons (Fsp3) is 0.478. The lowest BCUT2D eigenvalue weighted by atomic mass is 9.94. The van der Waals surface area contributed by atoms with Crippen molar-refractivity contribution in [3.63, 3.8) is 0 Å². The normalized spacial score (nSPS) is 17.4. The molecule has 0 atom stereocenters. The van der Waals surface area contributed by atoms with Crippen LogP contribution in [0.15, 0.2) is 45.9 Å². The van der Waals surface area contributed by atoms with E-state index >= 15 is 0 Å². The van der Waals surface area contributed by atoms with E-state index in [4.69, 9.17) is 4.42 Å². The highest BCUT2D eigenvalue weighted by Crippen LogP contribution is 2.32. The second-order valence-corrected chi connectivity index (χ2v) is 10.5. The van der Waals surface area contributed by atoms with Crippen molar-refractivity contribution < 1.29 is 22.4 Å². The summed E-state index contributed by atoms with van der Waals surface area (Å²) in [7, 11) is -1.85. The van der Waals surface area contributed by atoms with Crippen LogP contribution in [-0.4, -0.2) is 56.1 Å². The molecule has 8 nitrogen and oxygen atoms in total. The van der Waals surface area contributed by atoms with Gasteiger partial charge in [-0.3, -0.25) is 9.59 Å². The number of nitrogens with zero attached hydrogens (tertiary/aromatic N) is 3. The number of furan rings is 1. The summed E-state index contributed by atoms with van der Waals surface area (Å²) in [5.41, 5.74) is 1.69. The molecule has 0 N–H and O–H groups in total. The van der Waals surface area contributed by atoms with Crippen LogP contribution in [0.5, 0.6) is 0 Å². The maximum Gasteiger partial charge on any atom is 0.243 e. The Labute approximate surface area is 188 Å². The summed E-state index contributed by atoms with van der Waals surface area (Å²) in [6.45, 7) is 3.33. The summed E-state index contributed by atoms with van der Waals surface area (Å²) >= 11 is 0. The van der Waals surface area contributed by atoms with Gasteiger partial charge in [0.05, 0.1) is 17.7 Å². The number of amides is 2. The topological polar surface area (TPSA) is 91.1 Å². The van der Waals surface area contributed by atoms with E-state index in [0.717, 1.165) is 17.0 Å². The predicted octanol–water partition coefficient (Wildman–Crippen LogP) is 2.64. The molecule has 3 heterocycles. The van der Waals surface area contributed by atoms with Gasteiger partial charge in [0.2, 0.25) is 21.8 Å². The summed E-state index contributed by atoms with van der Waals surface area (Å²) in [6.07, 6.45) is 3.97. The SMILES string of the molecule is CC(=O)N1CCc2cc(S(=O)(=O)N3CCC(CC(=O)N(C)Cc4ccco4)CC3)ccc21. The van der Waals surface area contributed by atoms with Crippen LogP contribution in [-0.2, 0) is 32.6 Å². The van der Waals surface area contributed by atoms with Gasteiger partial charge in [-0.25, -0.2) is 8.42 Å². The number of benzene rings is 1. The van der Waals surface area contributed by atoms with Crippen molar-refractivity contribution in [3.05, 3.63) is 47.9 Å². The van der Waals surface area contributed by atoms with Crippen LogP contribution in [0.3, 0.4) is 0 Å². The van der Waals surface area contributed by atoms with E-state index in [1.807, 2.05) is 6.07 Å². The van der Waals surface area contributed by atoms with Gasteiger partial charge in [-0.2, -0.15) is 4.31 Å². The van der Waals surface area contributed by atoms with Gasteiger partial charge in [-0.15, -0.1) is 0 Å². The summed E-state index contributed by atoms with van der Waals surface area (Å²) in [5, 5.41) is 0. The molecule has 2 amide bonds. The Morgan fingerprint density at radius 3 is 2.56 bits per heavy atom. The largest absolute Gasteiger partial charge is 0.467 e. The van der Waals surface area contributed by atoms with Crippen LogP contribution < -0.4 is 4.90 Å². The molecule has 9 heteroatoms. The van der Waals surface area contributed by atoms with Gasteiger partial charge in [0.25, 0.3) is 0 Å². The molecule has 32 heavy (non-hydrogen) atoms. The van der Waals surface area contributed by atoms with Gasteiger partial charge < -0.3 is 14.2 Å². The van der Waals surface area contributed by atoms with Gasteiger partial charge in [-0.05, 0) is 61.1 Å². The third kappa shape index (κ3) is 4.59. The highest BCUT2D eigenvalue weighted by atomic mass is 32.2. The number of fused-ring (bicyclic) bond motifs is 1. The van der Waals surface area contributed by atoms with Crippen molar-refractivity contribution in [3.8, 4) is 0 Å². The smallest absolute Gasteiger partial charge is 0.243 e. The molecule has 0 radical (unpaired) electrons. The van der Waals surface area contributed by atoms with Crippen LogP contribution in [0, 0.1) is 5.92 Å². The Hall–Kier alpha value is -2.65. The lowest BCUT2D eigenvalue weighted by Crippen LogP contribution is -2.39. The second-order valence-electron chi connectivity index (χ2n) is 8.59. The molecule has 0 bridgehead atoms. The highest BCUT2D eigenvalue weighted by molar-refractivity contribution is 7.89. The molecule has 0 aliphatic carbocycles. The Kier molecular flexibility index (Phi) is 6.39. The van der Waals surface area contributed by atoms with Crippen LogP contribution in [0.2, 0.25) is 0 Å². The Balaban J connectivity index is 1.34. The van der Waals surface area contributed by atoms with Gasteiger partial charge in [0.15, 0.2) is 0 Å². The van der Waals surface area contributed by atoms with Crippen molar-refractivity contribution in [2.45, 2.75) is 44.0 Å². The summed E-state index contributed by atoms with van der Waals surface area (Å²) < 4.78 is 33.2. The van der Waals surface area contributed by atoms with Crippen LogP contribution >= 0.6 is 0 Å². The minimum absolute atomic E-state index is 0.0363. The molecule has 2 aromatic rings. The second kappa shape index (κ2) is 9.07. The van der Waals surface area contributed by atoms with Crippen molar-refractivity contribution in [1.82, 2.24) is 9.21 Å². The molecule has 1 fully saturated rings. The van der Waals surface area contributed by atoms with E-state index in [2.05, 4.69) is 0 Å². The van der Waals surface area contributed by atoms with Crippen molar-refractivity contribution in [2.24, 2.45) is 5.92 Å². The summed E-state index contributed by atoms with van der Waals surface area (Å²) in [5.74, 6) is 0.904. The molecule has 4 rings (SSSR count). The number of carbonyl (C=O) groups is 2. The molecule has 172 valence electrons. The van der Waals surface area contributed by atoms with E-state index in [0.29, 0.717) is 51.9 Å². The number of sulfonamides is 1. The van der Waals surface area contributed by atoms with Crippen LogP contribution in [0.1, 0.15) is 37.5 Å². The lowest BCUT2D eigenvalue weighted by Gasteiger charge is -2.31. The third-order valence-corrected chi connectivity index (χ3v) is 8.29. The minimum atomic E-state index is -3.60. The first kappa shape index (κ1) is 22.5. The quantitative estimate of drug-likeness (QED) is 0.662. The zero-order chi connectivity index (χ0) is 22.9.